The Balaban J connectivity index is 1.93. The Kier molecular flexibility index (Phi) is 5.23. The minimum Gasteiger partial charge on any atom is -0.304 e. The van der Waals surface area contributed by atoms with Crippen LogP contribution in [0.3, 0.4) is 0 Å². The van der Waals surface area contributed by atoms with Crippen LogP contribution in [0.15, 0.2) is 29.2 Å². The molecular formula is C19H28N4O2S. The third-order valence-electron chi connectivity index (χ3n) is 5.10. The van der Waals surface area contributed by atoms with E-state index in [4.69, 9.17) is 0 Å². The smallest absolute Gasteiger partial charge is 0.243 e. The standard InChI is InChI=1S/C19H28N4O2S/c1-14-8-9-17(11-15(14)2)26(24,25)23-10-6-7-19(23)18-12-16(13-21(3)4)22(5)20-18/h8-9,11-12,19H,6-7,10,13H2,1-5H3/t19-/m0/s1. The van der Waals surface area contributed by atoms with Gasteiger partial charge in [-0.2, -0.15) is 9.40 Å². The molecular weight excluding hydrogens is 348 g/mol. The number of hydrogen-bond donors (Lipinski definition) is 0. The lowest BCUT2D eigenvalue weighted by Gasteiger charge is -2.23. The van der Waals surface area contributed by atoms with Crippen molar-refractivity contribution in [2.45, 2.75) is 44.2 Å². The van der Waals surface area contributed by atoms with E-state index >= 15 is 0 Å². The molecule has 0 bridgehead atoms. The van der Waals surface area contributed by atoms with Gasteiger partial charge in [0.15, 0.2) is 0 Å². The monoisotopic (exact) mass is 376 g/mol. The fraction of sp³-hybridized carbons (Fsp3) is 0.526. The maximum absolute atomic E-state index is 13.2. The molecule has 1 aromatic heterocycles. The molecule has 26 heavy (non-hydrogen) atoms. The first kappa shape index (κ1) is 19.1. The van der Waals surface area contributed by atoms with E-state index in [1.54, 1.807) is 16.4 Å². The van der Waals surface area contributed by atoms with E-state index in [2.05, 4.69) is 10.00 Å². The summed E-state index contributed by atoms with van der Waals surface area (Å²) in [5.74, 6) is 0. The number of aromatic nitrogens is 2. The molecule has 3 rings (SSSR count). The molecule has 2 aromatic rings. The molecule has 0 aliphatic carbocycles. The summed E-state index contributed by atoms with van der Waals surface area (Å²) >= 11 is 0. The van der Waals surface area contributed by atoms with Crippen molar-refractivity contribution in [2.24, 2.45) is 7.05 Å². The summed E-state index contributed by atoms with van der Waals surface area (Å²) in [5, 5.41) is 4.62. The molecule has 0 unspecified atom stereocenters. The van der Waals surface area contributed by atoms with Crippen LogP contribution in [0.2, 0.25) is 0 Å². The number of aryl methyl sites for hydroxylation is 3. The Morgan fingerprint density at radius 2 is 1.92 bits per heavy atom. The van der Waals surface area contributed by atoms with Crippen molar-refractivity contribution in [1.82, 2.24) is 19.0 Å². The molecule has 0 radical (unpaired) electrons. The zero-order valence-corrected chi connectivity index (χ0v) is 17.0. The molecule has 142 valence electrons. The average molecular weight is 377 g/mol. The van der Waals surface area contributed by atoms with E-state index in [9.17, 15) is 8.42 Å². The molecule has 1 aliphatic rings. The normalized spacial score (nSPS) is 18.8. The zero-order chi connectivity index (χ0) is 19.1. The summed E-state index contributed by atoms with van der Waals surface area (Å²) in [7, 11) is 2.41. The third kappa shape index (κ3) is 3.56. The summed E-state index contributed by atoms with van der Waals surface area (Å²) in [6.07, 6.45) is 1.66. The molecule has 1 aromatic carbocycles. The Hall–Kier alpha value is -1.70. The molecule has 0 saturated carbocycles. The van der Waals surface area contributed by atoms with E-state index in [1.165, 1.54) is 0 Å². The average Bonchev–Trinajstić information content (AvgIpc) is 3.17. The third-order valence-corrected chi connectivity index (χ3v) is 7.01. The Morgan fingerprint density at radius 1 is 1.19 bits per heavy atom. The SMILES string of the molecule is Cc1ccc(S(=O)(=O)N2CCC[C@H]2c2cc(CN(C)C)n(C)n2)cc1C. The molecule has 2 heterocycles. The van der Waals surface area contributed by atoms with Crippen molar-refractivity contribution in [3.8, 4) is 0 Å². The summed E-state index contributed by atoms with van der Waals surface area (Å²) in [6, 6.07) is 7.21. The van der Waals surface area contributed by atoms with Crippen molar-refractivity contribution in [3.05, 3.63) is 46.8 Å². The second-order valence-electron chi connectivity index (χ2n) is 7.44. The molecule has 1 aliphatic heterocycles. The van der Waals surface area contributed by atoms with Crippen LogP contribution in [-0.4, -0.2) is 48.0 Å². The van der Waals surface area contributed by atoms with Gasteiger partial charge in [-0.1, -0.05) is 6.07 Å². The van der Waals surface area contributed by atoms with Gasteiger partial charge < -0.3 is 4.90 Å². The van der Waals surface area contributed by atoms with Crippen molar-refractivity contribution < 1.29 is 8.42 Å². The fourth-order valence-corrected chi connectivity index (χ4v) is 5.25. The summed E-state index contributed by atoms with van der Waals surface area (Å²) in [5.41, 5.74) is 4.02. The molecule has 6 nitrogen and oxygen atoms in total. The minimum absolute atomic E-state index is 0.191. The van der Waals surface area contributed by atoms with E-state index < -0.39 is 10.0 Å². The van der Waals surface area contributed by atoms with Gasteiger partial charge in [-0.3, -0.25) is 4.68 Å². The highest BCUT2D eigenvalue weighted by Gasteiger charge is 2.37. The van der Waals surface area contributed by atoms with Gasteiger partial charge in [-0.05, 0) is 70.1 Å². The van der Waals surface area contributed by atoms with E-state index in [0.717, 1.165) is 41.9 Å². The maximum atomic E-state index is 13.2. The highest BCUT2D eigenvalue weighted by Crippen LogP contribution is 2.36. The summed E-state index contributed by atoms with van der Waals surface area (Å²) in [4.78, 5) is 2.45. The molecule has 0 N–H and O–H groups in total. The lowest BCUT2D eigenvalue weighted by molar-refractivity contribution is 0.384. The van der Waals surface area contributed by atoms with Gasteiger partial charge in [-0.15, -0.1) is 0 Å². The Labute approximate surface area is 156 Å². The largest absolute Gasteiger partial charge is 0.304 e. The van der Waals surface area contributed by atoms with Gasteiger partial charge in [0, 0.05) is 20.1 Å². The first-order valence-corrected chi connectivity index (χ1v) is 10.4. The maximum Gasteiger partial charge on any atom is 0.243 e. The molecule has 7 heteroatoms. The molecule has 1 saturated heterocycles. The van der Waals surface area contributed by atoms with Gasteiger partial charge in [0.2, 0.25) is 10.0 Å². The number of sulfonamides is 1. The lowest BCUT2D eigenvalue weighted by Crippen LogP contribution is -2.31. The second kappa shape index (κ2) is 7.13. The van der Waals surface area contributed by atoms with Crippen LogP contribution in [0.1, 0.15) is 41.4 Å². The second-order valence-corrected chi connectivity index (χ2v) is 9.33. The minimum atomic E-state index is -3.53. The van der Waals surface area contributed by atoms with Crippen LogP contribution in [0, 0.1) is 13.8 Å². The Morgan fingerprint density at radius 3 is 2.58 bits per heavy atom. The van der Waals surface area contributed by atoms with Crippen molar-refractivity contribution in [1.29, 1.82) is 0 Å². The van der Waals surface area contributed by atoms with Crippen LogP contribution in [-0.2, 0) is 23.6 Å². The number of benzene rings is 1. The number of hydrogen-bond acceptors (Lipinski definition) is 4. The quantitative estimate of drug-likeness (QED) is 0.805. The topological polar surface area (TPSA) is 58.4 Å². The van der Waals surface area contributed by atoms with E-state index in [0.29, 0.717) is 11.4 Å². The van der Waals surface area contributed by atoms with Gasteiger partial charge in [0.05, 0.1) is 22.3 Å². The molecule has 0 spiro atoms. The summed E-state index contributed by atoms with van der Waals surface area (Å²) < 4.78 is 29.9. The molecule has 0 amide bonds. The van der Waals surface area contributed by atoms with Crippen molar-refractivity contribution in [3.63, 3.8) is 0 Å². The predicted molar refractivity (Wildman–Crippen MR) is 102 cm³/mol. The number of rotatable bonds is 5. The van der Waals surface area contributed by atoms with Crippen molar-refractivity contribution in [2.75, 3.05) is 20.6 Å². The molecule has 1 atom stereocenters. The van der Waals surface area contributed by atoms with Gasteiger partial charge in [0.25, 0.3) is 0 Å². The van der Waals surface area contributed by atoms with Gasteiger partial charge >= 0.3 is 0 Å². The van der Waals surface area contributed by atoms with Gasteiger partial charge in [0.1, 0.15) is 0 Å². The van der Waals surface area contributed by atoms with Gasteiger partial charge in [-0.25, -0.2) is 8.42 Å². The Bertz CT molecular complexity index is 902. The first-order chi connectivity index (χ1) is 12.2. The van der Waals surface area contributed by atoms with Crippen molar-refractivity contribution >= 4 is 10.0 Å². The highest BCUT2D eigenvalue weighted by atomic mass is 32.2. The van der Waals surface area contributed by atoms with Crippen LogP contribution in [0.5, 0.6) is 0 Å². The predicted octanol–water partition coefficient (Wildman–Crippen LogP) is 2.62. The highest BCUT2D eigenvalue weighted by molar-refractivity contribution is 7.89. The first-order valence-electron chi connectivity index (χ1n) is 8.97. The molecule has 1 fully saturated rings. The van der Waals surface area contributed by atoms with E-state index in [-0.39, 0.29) is 6.04 Å². The van der Waals surface area contributed by atoms with Crippen LogP contribution in [0.25, 0.3) is 0 Å². The van der Waals surface area contributed by atoms with Crippen LogP contribution in [0.4, 0.5) is 0 Å². The summed E-state index contributed by atoms with van der Waals surface area (Å²) in [6.45, 7) is 5.26. The number of nitrogens with zero attached hydrogens (tertiary/aromatic N) is 4. The zero-order valence-electron chi connectivity index (χ0n) is 16.2. The van der Waals surface area contributed by atoms with E-state index in [1.807, 2.05) is 51.8 Å². The lowest BCUT2D eigenvalue weighted by atomic mass is 10.1. The van der Waals surface area contributed by atoms with Crippen LogP contribution < -0.4 is 0 Å². The van der Waals surface area contributed by atoms with Crippen LogP contribution >= 0.6 is 0 Å². The fourth-order valence-electron chi connectivity index (χ4n) is 3.50.